The van der Waals surface area contributed by atoms with Gasteiger partial charge < -0.3 is 14.5 Å². The molecule has 0 saturated carbocycles. The van der Waals surface area contributed by atoms with Crippen LogP contribution in [0.1, 0.15) is 51.2 Å². The summed E-state index contributed by atoms with van der Waals surface area (Å²) in [5, 5.41) is 4.50. The highest BCUT2D eigenvalue weighted by Crippen LogP contribution is 2.28. The number of pyridine rings is 1. The fraction of sp³-hybridized carbons (Fsp3) is 0.609. The summed E-state index contributed by atoms with van der Waals surface area (Å²) in [7, 11) is 0. The van der Waals surface area contributed by atoms with Crippen LogP contribution in [0.3, 0.4) is 0 Å². The first-order valence-electron chi connectivity index (χ1n) is 11.4. The van der Waals surface area contributed by atoms with Crippen molar-refractivity contribution in [3.05, 3.63) is 30.7 Å². The molecule has 0 aromatic carbocycles. The molecule has 0 bridgehead atoms. The van der Waals surface area contributed by atoms with E-state index in [1.807, 2.05) is 23.3 Å². The van der Waals surface area contributed by atoms with Crippen molar-refractivity contribution in [2.24, 2.45) is 5.92 Å². The number of carbonyl (C=O) groups excluding carboxylic acids is 1. The number of anilines is 1. The third-order valence-corrected chi connectivity index (χ3v) is 6.73. The number of hydrogen-bond donors (Lipinski definition) is 0. The molecule has 1 unspecified atom stereocenters. The second-order valence-electron chi connectivity index (χ2n) is 8.81. The molecule has 0 spiro atoms. The molecule has 5 heterocycles. The van der Waals surface area contributed by atoms with Crippen LogP contribution in [0.4, 0.5) is 5.69 Å². The van der Waals surface area contributed by atoms with E-state index < -0.39 is 0 Å². The van der Waals surface area contributed by atoms with Crippen LogP contribution in [-0.2, 0) is 9.53 Å². The van der Waals surface area contributed by atoms with Crippen LogP contribution in [0.25, 0.3) is 11.3 Å². The number of piperidine rings is 1. The standard InChI is InChI=1S/C23H31N5O2/c29-22-4-3-10-27(22)16-18-8-11-26(12-9-18)20-6-7-21(24-15-20)19-14-25-28(17-19)23-5-1-2-13-30-23/h6-7,14-15,17-18,23H,1-5,8-13,16H2. The van der Waals surface area contributed by atoms with E-state index in [1.54, 1.807) is 0 Å². The summed E-state index contributed by atoms with van der Waals surface area (Å²) in [6.07, 6.45) is 13.4. The fourth-order valence-corrected chi connectivity index (χ4v) is 4.89. The maximum atomic E-state index is 11.9. The van der Waals surface area contributed by atoms with Crippen molar-refractivity contribution in [3.8, 4) is 11.3 Å². The molecule has 5 rings (SSSR count). The summed E-state index contributed by atoms with van der Waals surface area (Å²) < 4.78 is 7.75. The quantitative estimate of drug-likeness (QED) is 0.757. The van der Waals surface area contributed by atoms with Gasteiger partial charge in [-0.25, -0.2) is 4.68 Å². The SMILES string of the molecule is O=C1CCCN1CC1CCN(c2ccc(-c3cnn(C4CCCCO4)c3)nc2)CC1. The topological polar surface area (TPSA) is 63.5 Å². The highest BCUT2D eigenvalue weighted by Gasteiger charge is 2.26. The van der Waals surface area contributed by atoms with Crippen LogP contribution in [-0.4, -0.2) is 58.4 Å². The van der Waals surface area contributed by atoms with Crippen molar-refractivity contribution < 1.29 is 9.53 Å². The van der Waals surface area contributed by atoms with Crippen molar-refractivity contribution in [2.75, 3.05) is 37.7 Å². The molecule has 160 valence electrons. The molecule has 0 N–H and O–H groups in total. The third kappa shape index (κ3) is 4.21. The van der Waals surface area contributed by atoms with Crippen molar-refractivity contribution in [1.29, 1.82) is 0 Å². The number of rotatable bonds is 5. The number of nitrogens with zero attached hydrogens (tertiary/aromatic N) is 5. The summed E-state index contributed by atoms with van der Waals surface area (Å²) in [6, 6.07) is 4.26. The zero-order valence-corrected chi connectivity index (χ0v) is 17.6. The fourth-order valence-electron chi connectivity index (χ4n) is 4.89. The summed E-state index contributed by atoms with van der Waals surface area (Å²) in [4.78, 5) is 21.1. The zero-order valence-electron chi connectivity index (χ0n) is 17.6. The van der Waals surface area contributed by atoms with Crippen LogP contribution in [0.2, 0.25) is 0 Å². The number of amides is 1. The smallest absolute Gasteiger partial charge is 0.222 e. The molecule has 3 saturated heterocycles. The van der Waals surface area contributed by atoms with E-state index in [-0.39, 0.29) is 6.23 Å². The number of aromatic nitrogens is 3. The largest absolute Gasteiger partial charge is 0.370 e. The molecular formula is C23H31N5O2. The van der Waals surface area contributed by atoms with Gasteiger partial charge in [0.2, 0.25) is 5.91 Å². The number of ether oxygens (including phenoxy) is 1. The van der Waals surface area contributed by atoms with Gasteiger partial charge in [0.1, 0.15) is 6.23 Å². The van der Waals surface area contributed by atoms with E-state index in [0.29, 0.717) is 11.8 Å². The predicted octanol–water partition coefficient (Wildman–Crippen LogP) is 3.48. The Hall–Kier alpha value is -2.41. The molecule has 3 fully saturated rings. The first kappa shape index (κ1) is 19.5. The van der Waals surface area contributed by atoms with Gasteiger partial charge in [-0.05, 0) is 56.6 Å². The van der Waals surface area contributed by atoms with Gasteiger partial charge in [0, 0.05) is 51.0 Å². The van der Waals surface area contributed by atoms with E-state index in [1.165, 1.54) is 12.1 Å². The van der Waals surface area contributed by atoms with Gasteiger partial charge in [0.15, 0.2) is 0 Å². The minimum atomic E-state index is 0.0592. The van der Waals surface area contributed by atoms with Crippen LogP contribution in [0.15, 0.2) is 30.7 Å². The second kappa shape index (κ2) is 8.76. The Morgan fingerprint density at radius 2 is 1.93 bits per heavy atom. The monoisotopic (exact) mass is 409 g/mol. The van der Waals surface area contributed by atoms with Crippen molar-refractivity contribution in [2.45, 2.75) is 51.2 Å². The van der Waals surface area contributed by atoms with Crippen LogP contribution < -0.4 is 4.90 Å². The van der Waals surface area contributed by atoms with Crippen molar-refractivity contribution >= 4 is 11.6 Å². The molecule has 2 aromatic rings. The molecule has 30 heavy (non-hydrogen) atoms. The Labute approximate surface area is 178 Å². The Morgan fingerprint density at radius 1 is 1.03 bits per heavy atom. The molecule has 2 aromatic heterocycles. The van der Waals surface area contributed by atoms with Crippen LogP contribution >= 0.6 is 0 Å². The highest BCUT2D eigenvalue weighted by atomic mass is 16.5. The average molecular weight is 410 g/mol. The van der Waals surface area contributed by atoms with Gasteiger partial charge in [-0.3, -0.25) is 9.78 Å². The lowest BCUT2D eigenvalue weighted by molar-refractivity contribution is -0.128. The molecule has 7 nitrogen and oxygen atoms in total. The molecule has 0 aliphatic carbocycles. The first-order chi connectivity index (χ1) is 14.8. The Kier molecular flexibility index (Phi) is 5.71. The van der Waals surface area contributed by atoms with Crippen LogP contribution in [0, 0.1) is 5.92 Å². The lowest BCUT2D eigenvalue weighted by Gasteiger charge is -2.35. The number of carbonyl (C=O) groups is 1. The van der Waals surface area contributed by atoms with Gasteiger partial charge in [-0.1, -0.05) is 0 Å². The second-order valence-corrected chi connectivity index (χ2v) is 8.81. The lowest BCUT2D eigenvalue weighted by atomic mass is 9.96. The summed E-state index contributed by atoms with van der Waals surface area (Å²) in [5.74, 6) is 0.971. The summed E-state index contributed by atoms with van der Waals surface area (Å²) in [5.41, 5.74) is 3.16. The van der Waals surface area contributed by atoms with E-state index in [0.717, 1.165) is 82.6 Å². The predicted molar refractivity (Wildman–Crippen MR) is 115 cm³/mol. The molecule has 1 atom stereocenters. The Bertz CT molecular complexity index is 851. The summed E-state index contributed by atoms with van der Waals surface area (Å²) >= 11 is 0. The van der Waals surface area contributed by atoms with Gasteiger partial charge >= 0.3 is 0 Å². The average Bonchev–Trinajstić information content (AvgIpc) is 3.45. The maximum Gasteiger partial charge on any atom is 0.222 e. The molecular weight excluding hydrogens is 378 g/mol. The van der Waals surface area contributed by atoms with E-state index in [2.05, 4.69) is 27.0 Å². The van der Waals surface area contributed by atoms with Crippen LogP contribution in [0.5, 0.6) is 0 Å². The minimum Gasteiger partial charge on any atom is -0.370 e. The molecule has 0 radical (unpaired) electrons. The Morgan fingerprint density at radius 3 is 2.63 bits per heavy atom. The minimum absolute atomic E-state index is 0.0592. The molecule has 7 heteroatoms. The number of hydrogen-bond acceptors (Lipinski definition) is 5. The molecule has 3 aliphatic rings. The molecule has 3 aliphatic heterocycles. The summed E-state index contributed by atoms with van der Waals surface area (Å²) in [6.45, 7) is 4.78. The van der Waals surface area contributed by atoms with Gasteiger partial charge in [0.05, 0.1) is 23.8 Å². The number of likely N-dealkylation sites (tertiary alicyclic amines) is 1. The molecule has 1 amide bonds. The normalized spacial score (nSPS) is 23.3. The lowest BCUT2D eigenvalue weighted by Crippen LogP contribution is -2.39. The van der Waals surface area contributed by atoms with Gasteiger partial charge in [0.25, 0.3) is 0 Å². The van der Waals surface area contributed by atoms with E-state index in [4.69, 9.17) is 9.72 Å². The van der Waals surface area contributed by atoms with Crippen molar-refractivity contribution in [1.82, 2.24) is 19.7 Å². The Balaban J connectivity index is 1.17. The van der Waals surface area contributed by atoms with E-state index >= 15 is 0 Å². The maximum absolute atomic E-state index is 11.9. The van der Waals surface area contributed by atoms with E-state index in [9.17, 15) is 4.79 Å². The van der Waals surface area contributed by atoms with Gasteiger partial charge in [-0.15, -0.1) is 0 Å². The third-order valence-electron chi connectivity index (χ3n) is 6.73. The first-order valence-corrected chi connectivity index (χ1v) is 11.4. The van der Waals surface area contributed by atoms with Gasteiger partial charge in [-0.2, -0.15) is 5.10 Å². The van der Waals surface area contributed by atoms with Crippen molar-refractivity contribution in [3.63, 3.8) is 0 Å². The highest BCUT2D eigenvalue weighted by molar-refractivity contribution is 5.78. The zero-order chi connectivity index (χ0) is 20.3.